The van der Waals surface area contributed by atoms with Crippen molar-refractivity contribution in [1.29, 1.82) is 0 Å². The van der Waals surface area contributed by atoms with E-state index in [1.165, 1.54) is 14.7 Å². The van der Waals surface area contributed by atoms with Crippen LogP contribution < -0.4 is 19.3 Å². The van der Waals surface area contributed by atoms with Gasteiger partial charge < -0.3 is 24.1 Å². The minimum Gasteiger partial charge on any atom is -0.542 e. The zero-order valence-corrected chi connectivity index (χ0v) is 22.6. The highest BCUT2D eigenvalue weighted by molar-refractivity contribution is 7.97. The van der Waals surface area contributed by atoms with Gasteiger partial charge in [-0.05, 0) is 92.1 Å². The number of carboxylic acids is 1. The van der Waals surface area contributed by atoms with E-state index in [2.05, 4.69) is 93.6 Å². The Morgan fingerprint density at radius 1 is 0.632 bits per heavy atom. The van der Waals surface area contributed by atoms with E-state index in [1.807, 2.05) is 0 Å². The first-order valence-corrected chi connectivity index (χ1v) is 13.6. The molecule has 0 bridgehead atoms. The van der Waals surface area contributed by atoms with Gasteiger partial charge in [0.25, 0.3) is 0 Å². The third-order valence-electron chi connectivity index (χ3n) is 4.83. The lowest BCUT2D eigenvalue weighted by atomic mass is 10.3. The third kappa shape index (κ3) is 10.2. The summed E-state index contributed by atoms with van der Waals surface area (Å²) in [5.41, 5.74) is 0. The number of carbonyl (C=O) groups is 1. The van der Waals surface area contributed by atoms with E-state index in [0.29, 0.717) is 0 Å². The van der Waals surface area contributed by atoms with Crippen LogP contribution in [-0.4, -0.2) is 32.0 Å². The van der Waals surface area contributed by atoms with E-state index in [1.54, 1.807) is 0 Å². The summed E-state index contributed by atoms with van der Waals surface area (Å²) in [5, 5.41) is 8.78. The molecule has 38 heavy (non-hydrogen) atoms. The molecule has 0 radical (unpaired) electrons. The highest BCUT2D eigenvalue weighted by Gasteiger charge is 2.29. The molecule has 9 heteroatoms. The average molecular weight is 551 g/mol. The second-order valence-corrected chi connectivity index (χ2v) is 10.1. The first-order valence-electron chi connectivity index (χ1n) is 12.4. The number of ether oxygens (including phenoxy) is 3. The van der Waals surface area contributed by atoms with Crippen LogP contribution in [-0.2, 0) is 15.7 Å². The molecule has 0 atom stereocenters. The second kappa shape index (κ2) is 15.8. The summed E-state index contributed by atoms with van der Waals surface area (Å²) in [4.78, 5) is 12.6. The van der Waals surface area contributed by atoms with Crippen molar-refractivity contribution in [2.75, 3.05) is 19.8 Å². The minimum atomic E-state index is -5.19. The van der Waals surface area contributed by atoms with Crippen molar-refractivity contribution in [3.63, 3.8) is 0 Å². The van der Waals surface area contributed by atoms with Gasteiger partial charge >= 0.3 is 6.18 Å². The van der Waals surface area contributed by atoms with Crippen molar-refractivity contribution in [3.05, 3.63) is 72.8 Å². The summed E-state index contributed by atoms with van der Waals surface area (Å²) in [6, 6.07) is 25.5. The van der Waals surface area contributed by atoms with E-state index in [9.17, 15) is 13.2 Å². The maximum absolute atomic E-state index is 10.5. The molecule has 0 unspecified atom stereocenters. The summed E-state index contributed by atoms with van der Waals surface area (Å²) in [5.74, 6) is -0.255. The number of carbonyl (C=O) groups excluding carboxylic acids is 1. The van der Waals surface area contributed by atoms with Crippen LogP contribution in [0.4, 0.5) is 13.2 Å². The zero-order chi connectivity index (χ0) is 28.0. The summed E-state index contributed by atoms with van der Waals surface area (Å²) in [7, 11) is -0.223. The topological polar surface area (TPSA) is 67.8 Å². The molecule has 0 spiro atoms. The van der Waals surface area contributed by atoms with Crippen LogP contribution in [0.25, 0.3) is 0 Å². The molecular weight excluding hydrogens is 517 g/mol. The quantitative estimate of drug-likeness (QED) is 0.243. The molecule has 3 aromatic rings. The largest absolute Gasteiger partial charge is 0.542 e. The molecule has 0 saturated heterocycles. The summed E-state index contributed by atoms with van der Waals surface area (Å²) in [6.07, 6.45) is -2.18. The number of carboxylic acid groups (broad SMARTS) is 1. The average Bonchev–Trinajstić information content (AvgIpc) is 2.91. The van der Waals surface area contributed by atoms with Gasteiger partial charge in [-0.15, -0.1) is 0 Å². The predicted octanol–water partition coefficient (Wildman–Crippen LogP) is 6.45. The van der Waals surface area contributed by atoms with Crippen LogP contribution in [0.5, 0.6) is 17.2 Å². The predicted molar refractivity (Wildman–Crippen MR) is 140 cm³/mol. The lowest BCUT2D eigenvalue weighted by Gasteiger charge is -2.11. The van der Waals surface area contributed by atoms with Crippen LogP contribution in [0.2, 0.25) is 0 Å². The van der Waals surface area contributed by atoms with Crippen molar-refractivity contribution >= 4 is 16.9 Å². The Kier molecular flexibility index (Phi) is 12.9. The second-order valence-electron chi connectivity index (χ2n) is 8.05. The van der Waals surface area contributed by atoms with Gasteiger partial charge in [0.2, 0.25) is 0 Å². The SMILES string of the molecule is CCCOc1ccc([S+](c2ccc(OCCC)cc2)c2ccc(OCCC)cc2)cc1.O=C([O-])C(F)(F)F. The fraction of sp³-hybridized carbons (Fsp3) is 0.345. The van der Waals surface area contributed by atoms with Crippen LogP contribution >= 0.6 is 0 Å². The van der Waals surface area contributed by atoms with Crippen LogP contribution in [0.15, 0.2) is 87.5 Å². The molecule has 206 valence electrons. The van der Waals surface area contributed by atoms with E-state index in [4.69, 9.17) is 24.1 Å². The van der Waals surface area contributed by atoms with E-state index < -0.39 is 12.1 Å². The van der Waals surface area contributed by atoms with Gasteiger partial charge in [0, 0.05) is 0 Å². The number of rotatable bonds is 12. The van der Waals surface area contributed by atoms with Crippen molar-refractivity contribution in [2.24, 2.45) is 0 Å². The fourth-order valence-corrected chi connectivity index (χ4v) is 5.13. The highest BCUT2D eigenvalue weighted by atomic mass is 32.2. The van der Waals surface area contributed by atoms with E-state index in [0.717, 1.165) is 56.3 Å². The summed E-state index contributed by atoms with van der Waals surface area (Å²) >= 11 is 0. The molecule has 3 rings (SSSR count). The summed E-state index contributed by atoms with van der Waals surface area (Å²) < 4.78 is 48.9. The molecule has 5 nitrogen and oxygen atoms in total. The number of alkyl halides is 3. The summed E-state index contributed by atoms with van der Waals surface area (Å²) in [6.45, 7) is 8.57. The molecule has 0 aliphatic carbocycles. The van der Waals surface area contributed by atoms with E-state index in [-0.39, 0.29) is 10.9 Å². The normalized spacial score (nSPS) is 10.9. The third-order valence-corrected chi connectivity index (χ3v) is 7.06. The van der Waals surface area contributed by atoms with E-state index >= 15 is 0 Å². The first-order chi connectivity index (χ1) is 18.2. The Labute approximate surface area is 224 Å². The minimum absolute atomic E-state index is 0.223. The van der Waals surface area contributed by atoms with Crippen LogP contribution in [0.1, 0.15) is 40.0 Å². The Morgan fingerprint density at radius 2 is 0.868 bits per heavy atom. The van der Waals surface area contributed by atoms with Gasteiger partial charge in [-0.25, -0.2) is 0 Å². The molecule has 0 aliphatic heterocycles. The smallest absolute Gasteiger partial charge is 0.430 e. The molecule has 0 aromatic heterocycles. The molecule has 0 amide bonds. The number of hydrogen-bond acceptors (Lipinski definition) is 5. The molecule has 0 saturated carbocycles. The lowest BCUT2D eigenvalue weighted by Crippen LogP contribution is -2.37. The monoisotopic (exact) mass is 550 g/mol. The Balaban J connectivity index is 0.000000638. The Hall–Kier alpha value is -3.33. The maximum atomic E-state index is 10.5. The maximum Gasteiger partial charge on any atom is 0.430 e. The molecule has 0 aliphatic rings. The van der Waals surface area contributed by atoms with Gasteiger partial charge in [0.05, 0.1) is 30.7 Å². The first kappa shape index (κ1) is 30.9. The van der Waals surface area contributed by atoms with Gasteiger partial charge in [0.1, 0.15) is 23.2 Å². The molecule has 0 heterocycles. The van der Waals surface area contributed by atoms with Gasteiger partial charge in [-0.3, -0.25) is 0 Å². The van der Waals surface area contributed by atoms with Gasteiger partial charge in [-0.2, -0.15) is 13.2 Å². The Bertz CT molecular complexity index is 963. The van der Waals surface area contributed by atoms with Crippen LogP contribution in [0.3, 0.4) is 0 Å². The van der Waals surface area contributed by atoms with Crippen molar-refractivity contribution in [1.82, 2.24) is 0 Å². The van der Waals surface area contributed by atoms with Crippen molar-refractivity contribution < 1.29 is 37.3 Å². The molecule has 0 fully saturated rings. The number of hydrogen-bond donors (Lipinski definition) is 0. The van der Waals surface area contributed by atoms with Crippen molar-refractivity contribution in [2.45, 2.75) is 60.9 Å². The fourth-order valence-electron chi connectivity index (χ4n) is 3.08. The molecule has 3 aromatic carbocycles. The van der Waals surface area contributed by atoms with Crippen molar-refractivity contribution in [3.8, 4) is 17.2 Å². The number of aliphatic carboxylic acids is 1. The number of halogens is 3. The van der Waals surface area contributed by atoms with Gasteiger partial charge in [-0.1, -0.05) is 20.8 Å². The Morgan fingerprint density at radius 3 is 1.05 bits per heavy atom. The van der Waals surface area contributed by atoms with Crippen LogP contribution in [0, 0.1) is 0 Å². The highest BCUT2D eigenvalue weighted by Crippen LogP contribution is 2.34. The number of benzene rings is 3. The standard InChI is InChI=1S/C27H33O3S.C2HF3O2/c1-4-19-28-22-7-13-25(14-8-22)31(26-15-9-23(10-16-26)29-20-5-2)27-17-11-24(12-18-27)30-21-6-3;3-2(4,5)1(6)7/h7-18H,4-6,19-21H2,1-3H3;(H,6,7)/q+1;/p-1. The molecular formula is C29H33F3O5S. The molecule has 0 N–H and O–H groups in total. The lowest BCUT2D eigenvalue weighted by molar-refractivity contribution is -0.344. The zero-order valence-electron chi connectivity index (χ0n) is 21.8. The van der Waals surface area contributed by atoms with Gasteiger partial charge in [0.15, 0.2) is 14.7 Å².